The van der Waals surface area contributed by atoms with Gasteiger partial charge in [-0.25, -0.2) is 0 Å². The molecule has 6 heteroatoms. The van der Waals surface area contributed by atoms with E-state index in [9.17, 15) is 14.4 Å². The molecule has 452 valence electrons. The summed E-state index contributed by atoms with van der Waals surface area (Å²) in [5.74, 6) is -0.901. The average molecular weight is 1100 g/mol. The maximum absolute atomic E-state index is 12.9. The standard InChI is InChI=1S/C73H124O6/c1-4-7-10-13-16-19-22-25-28-30-31-32-33-34-35-36-37-38-39-40-41-43-45-48-51-54-57-60-63-66-72(75)78-69-70(68-77-71(74)65-62-59-56-53-50-47-44-27-24-21-18-15-12-9-6-3)79-73(76)67-64-61-58-55-52-49-46-42-29-26-23-20-17-14-11-8-5-2/h7,9-10,12,16-21,25-29,31-32,44,70H,4-6,8,11,13-15,22-24,30,33-43,45-69H2,1-3H3/b10-7-,12-9-,19-16-,20-17-,21-18-,28-25-,29-26-,32-31-,44-27-. The van der Waals surface area contributed by atoms with Crippen LogP contribution in [-0.2, 0) is 28.6 Å². The third kappa shape index (κ3) is 64.8. The van der Waals surface area contributed by atoms with Gasteiger partial charge in [0, 0.05) is 19.3 Å². The summed E-state index contributed by atoms with van der Waals surface area (Å²) >= 11 is 0. The molecular formula is C73H124O6. The van der Waals surface area contributed by atoms with Crippen LogP contribution in [0.4, 0.5) is 0 Å². The molecule has 0 rings (SSSR count). The van der Waals surface area contributed by atoms with E-state index < -0.39 is 6.10 Å². The lowest BCUT2D eigenvalue weighted by molar-refractivity contribution is -0.167. The van der Waals surface area contributed by atoms with E-state index in [0.717, 1.165) is 135 Å². The molecule has 79 heavy (non-hydrogen) atoms. The second-order valence-electron chi connectivity index (χ2n) is 22.0. The van der Waals surface area contributed by atoms with E-state index >= 15 is 0 Å². The highest BCUT2D eigenvalue weighted by molar-refractivity contribution is 5.71. The van der Waals surface area contributed by atoms with Crippen LogP contribution < -0.4 is 0 Å². The third-order valence-electron chi connectivity index (χ3n) is 14.2. The molecule has 0 radical (unpaired) electrons. The molecule has 0 saturated heterocycles. The van der Waals surface area contributed by atoms with Crippen LogP contribution in [0.15, 0.2) is 109 Å². The number of hydrogen-bond acceptors (Lipinski definition) is 6. The van der Waals surface area contributed by atoms with Gasteiger partial charge < -0.3 is 14.2 Å². The summed E-state index contributed by atoms with van der Waals surface area (Å²) in [5, 5.41) is 0. The molecule has 0 aromatic rings. The summed E-state index contributed by atoms with van der Waals surface area (Å²) in [6.07, 6.45) is 91.0. The maximum atomic E-state index is 12.9. The first-order valence-corrected chi connectivity index (χ1v) is 33.4. The molecular weight excluding hydrogens is 973 g/mol. The van der Waals surface area contributed by atoms with Crippen molar-refractivity contribution in [1.82, 2.24) is 0 Å². The quantitative estimate of drug-likeness (QED) is 0.0261. The lowest BCUT2D eigenvalue weighted by Crippen LogP contribution is -2.30. The van der Waals surface area contributed by atoms with Crippen molar-refractivity contribution in [1.29, 1.82) is 0 Å². The molecule has 0 fully saturated rings. The summed E-state index contributed by atoms with van der Waals surface area (Å²) in [5.41, 5.74) is 0. The van der Waals surface area contributed by atoms with Gasteiger partial charge in [0.1, 0.15) is 13.2 Å². The first-order chi connectivity index (χ1) is 39.0. The molecule has 0 aromatic heterocycles. The van der Waals surface area contributed by atoms with Gasteiger partial charge in [0.15, 0.2) is 6.10 Å². The van der Waals surface area contributed by atoms with Crippen molar-refractivity contribution in [3.8, 4) is 0 Å². The molecule has 1 unspecified atom stereocenters. The second kappa shape index (κ2) is 66.6. The molecule has 0 aromatic carbocycles. The molecule has 6 nitrogen and oxygen atoms in total. The van der Waals surface area contributed by atoms with Crippen molar-refractivity contribution in [2.24, 2.45) is 0 Å². The summed E-state index contributed by atoms with van der Waals surface area (Å²) in [4.78, 5) is 38.4. The SMILES string of the molecule is CC/C=C\C/C=C\C/C=C\C/C=C\CCCCCCCCCCCCCCCCCCC(=O)OCC(COC(=O)CCCCCCC/C=C\C/C=C\C/C=C\CC)OC(=O)CCCCCCCCC/C=C\C/C=C\CCCCC. The topological polar surface area (TPSA) is 78.9 Å². The van der Waals surface area contributed by atoms with Crippen molar-refractivity contribution in [3.63, 3.8) is 0 Å². The first kappa shape index (κ1) is 75.1. The van der Waals surface area contributed by atoms with Crippen LogP contribution in [-0.4, -0.2) is 37.2 Å². The summed E-state index contributed by atoms with van der Waals surface area (Å²) in [6.45, 7) is 6.40. The van der Waals surface area contributed by atoms with Gasteiger partial charge in [-0.3, -0.25) is 14.4 Å². The lowest BCUT2D eigenvalue weighted by Gasteiger charge is -2.18. The number of carbonyl (C=O) groups is 3. The predicted molar refractivity (Wildman–Crippen MR) is 343 cm³/mol. The van der Waals surface area contributed by atoms with Gasteiger partial charge in [0.25, 0.3) is 0 Å². The summed E-state index contributed by atoms with van der Waals surface area (Å²) in [6, 6.07) is 0. The number of hydrogen-bond donors (Lipinski definition) is 0. The van der Waals surface area contributed by atoms with Crippen LogP contribution in [0.1, 0.15) is 316 Å². The fourth-order valence-corrected chi connectivity index (χ4v) is 9.30. The molecule has 0 spiro atoms. The van der Waals surface area contributed by atoms with Crippen molar-refractivity contribution in [2.75, 3.05) is 13.2 Å². The number of unbranched alkanes of at least 4 members (excludes halogenated alkanes) is 31. The Hall–Kier alpha value is -3.93. The van der Waals surface area contributed by atoms with E-state index in [-0.39, 0.29) is 31.1 Å². The van der Waals surface area contributed by atoms with Crippen molar-refractivity contribution in [2.45, 2.75) is 322 Å². The highest BCUT2D eigenvalue weighted by Gasteiger charge is 2.19. The fourth-order valence-electron chi connectivity index (χ4n) is 9.30. The van der Waals surface area contributed by atoms with Gasteiger partial charge in [-0.05, 0) is 122 Å². The van der Waals surface area contributed by atoms with Crippen LogP contribution in [0.5, 0.6) is 0 Å². The Kier molecular flexibility index (Phi) is 63.3. The van der Waals surface area contributed by atoms with Crippen LogP contribution in [0, 0.1) is 0 Å². The van der Waals surface area contributed by atoms with E-state index in [0.29, 0.717) is 19.3 Å². The Bertz CT molecular complexity index is 1590. The average Bonchev–Trinajstić information content (AvgIpc) is 3.45. The highest BCUT2D eigenvalue weighted by atomic mass is 16.6. The van der Waals surface area contributed by atoms with Gasteiger partial charge in [-0.2, -0.15) is 0 Å². The normalized spacial score (nSPS) is 12.8. The number of esters is 3. The second-order valence-corrected chi connectivity index (χ2v) is 22.0. The van der Waals surface area contributed by atoms with E-state index in [2.05, 4.69) is 130 Å². The Balaban J connectivity index is 4.28. The molecule has 0 saturated carbocycles. The van der Waals surface area contributed by atoms with E-state index in [1.54, 1.807) is 0 Å². The minimum atomic E-state index is -0.791. The van der Waals surface area contributed by atoms with Gasteiger partial charge in [0.2, 0.25) is 0 Å². The van der Waals surface area contributed by atoms with Crippen LogP contribution >= 0.6 is 0 Å². The summed E-state index contributed by atoms with van der Waals surface area (Å²) < 4.78 is 16.9. The lowest BCUT2D eigenvalue weighted by atomic mass is 10.0. The van der Waals surface area contributed by atoms with Gasteiger partial charge in [-0.15, -0.1) is 0 Å². The minimum Gasteiger partial charge on any atom is -0.462 e. The van der Waals surface area contributed by atoms with Crippen LogP contribution in [0.25, 0.3) is 0 Å². The number of carbonyl (C=O) groups excluding carboxylic acids is 3. The molecule has 0 aliphatic heterocycles. The predicted octanol–water partition coefficient (Wildman–Crippen LogP) is 23.0. The Morgan fingerprint density at radius 1 is 0.266 bits per heavy atom. The minimum absolute atomic E-state index is 0.0857. The van der Waals surface area contributed by atoms with Crippen molar-refractivity contribution in [3.05, 3.63) is 109 Å². The molecule has 0 aliphatic rings. The van der Waals surface area contributed by atoms with E-state index in [1.807, 2.05) is 0 Å². The highest BCUT2D eigenvalue weighted by Crippen LogP contribution is 2.17. The van der Waals surface area contributed by atoms with E-state index in [1.165, 1.54) is 141 Å². The molecule has 1 atom stereocenters. The first-order valence-electron chi connectivity index (χ1n) is 33.4. The van der Waals surface area contributed by atoms with Crippen molar-refractivity contribution >= 4 is 17.9 Å². The largest absolute Gasteiger partial charge is 0.462 e. The van der Waals surface area contributed by atoms with Crippen LogP contribution in [0.3, 0.4) is 0 Å². The molecule has 0 aliphatic carbocycles. The van der Waals surface area contributed by atoms with Gasteiger partial charge >= 0.3 is 17.9 Å². The molecule has 0 bridgehead atoms. The fraction of sp³-hybridized carbons (Fsp3) is 0.712. The Morgan fingerprint density at radius 2 is 0.494 bits per heavy atom. The zero-order valence-electron chi connectivity index (χ0n) is 51.9. The van der Waals surface area contributed by atoms with Crippen molar-refractivity contribution < 1.29 is 28.6 Å². The van der Waals surface area contributed by atoms with Gasteiger partial charge in [-0.1, -0.05) is 284 Å². The zero-order valence-corrected chi connectivity index (χ0v) is 51.9. The molecule has 0 N–H and O–H groups in total. The monoisotopic (exact) mass is 1100 g/mol. The molecule has 0 heterocycles. The number of ether oxygens (including phenoxy) is 3. The Labute approximate surface area is 489 Å². The van der Waals surface area contributed by atoms with Crippen LogP contribution in [0.2, 0.25) is 0 Å². The zero-order chi connectivity index (χ0) is 57.1. The maximum Gasteiger partial charge on any atom is 0.306 e. The van der Waals surface area contributed by atoms with Gasteiger partial charge in [0.05, 0.1) is 0 Å². The number of allylic oxidation sites excluding steroid dienone is 18. The third-order valence-corrected chi connectivity index (χ3v) is 14.2. The summed E-state index contributed by atoms with van der Waals surface area (Å²) in [7, 11) is 0. The van der Waals surface area contributed by atoms with E-state index in [4.69, 9.17) is 14.2 Å². The smallest absolute Gasteiger partial charge is 0.306 e. The number of rotatable bonds is 60. The Morgan fingerprint density at radius 3 is 0.772 bits per heavy atom. The molecule has 0 amide bonds.